The Hall–Kier alpha value is -3.47. The van der Waals surface area contributed by atoms with Gasteiger partial charge in [-0.05, 0) is 53.6 Å². The summed E-state index contributed by atoms with van der Waals surface area (Å²) in [5.41, 5.74) is 3.04. The average molecular weight is 391 g/mol. The third-order valence-electron chi connectivity index (χ3n) is 4.91. The summed E-state index contributed by atoms with van der Waals surface area (Å²) in [6, 6.07) is 18.6. The number of hydrogen-bond acceptors (Lipinski definition) is 4. The highest BCUT2D eigenvalue weighted by Crippen LogP contribution is 2.41. The predicted molar refractivity (Wildman–Crippen MR) is 114 cm³/mol. The van der Waals surface area contributed by atoms with Crippen molar-refractivity contribution in [2.75, 3.05) is 5.32 Å². The molecule has 150 valence electrons. The molecule has 0 spiro atoms. The Kier molecular flexibility index (Phi) is 6.07. The topological polar surface area (TPSA) is 89.8 Å². The second-order valence-electron chi connectivity index (χ2n) is 7.35. The summed E-state index contributed by atoms with van der Waals surface area (Å²) in [6.45, 7) is 4.12. The predicted octanol–water partition coefficient (Wildman–Crippen LogP) is 4.96. The monoisotopic (exact) mass is 391 g/mol. The van der Waals surface area contributed by atoms with Gasteiger partial charge in [0.2, 0.25) is 5.75 Å². The fourth-order valence-corrected chi connectivity index (χ4v) is 3.16. The molecule has 0 aliphatic carbocycles. The SMILES string of the molecule is CC(C)c1cccc(NC(=O)c2cc(CCc3ccccc3)c(O)c(O)c2O)c1. The Labute approximate surface area is 170 Å². The Bertz CT molecular complexity index is 1010. The van der Waals surface area contributed by atoms with E-state index in [1.165, 1.54) is 6.07 Å². The molecule has 0 bridgehead atoms. The van der Waals surface area contributed by atoms with Gasteiger partial charge in [0.25, 0.3) is 5.91 Å². The molecule has 5 nitrogen and oxygen atoms in total. The third kappa shape index (κ3) is 4.69. The first-order valence-electron chi connectivity index (χ1n) is 9.58. The number of carbonyl (C=O) groups excluding carboxylic acids is 1. The molecule has 0 unspecified atom stereocenters. The Morgan fingerprint density at radius 1 is 0.862 bits per heavy atom. The fraction of sp³-hybridized carbons (Fsp3) is 0.208. The smallest absolute Gasteiger partial charge is 0.259 e. The molecule has 0 aromatic heterocycles. The summed E-state index contributed by atoms with van der Waals surface area (Å²) in [7, 11) is 0. The lowest BCUT2D eigenvalue weighted by atomic mass is 9.99. The van der Waals surface area contributed by atoms with Crippen molar-refractivity contribution in [3.63, 3.8) is 0 Å². The van der Waals surface area contributed by atoms with Crippen LogP contribution in [-0.4, -0.2) is 21.2 Å². The van der Waals surface area contributed by atoms with Crippen LogP contribution in [-0.2, 0) is 12.8 Å². The van der Waals surface area contributed by atoms with Crippen molar-refractivity contribution in [3.8, 4) is 17.2 Å². The molecular formula is C24H25NO4. The lowest BCUT2D eigenvalue weighted by molar-refractivity contribution is 0.102. The fourth-order valence-electron chi connectivity index (χ4n) is 3.16. The van der Waals surface area contributed by atoms with E-state index in [2.05, 4.69) is 19.2 Å². The number of carbonyl (C=O) groups is 1. The second-order valence-corrected chi connectivity index (χ2v) is 7.35. The van der Waals surface area contributed by atoms with Gasteiger partial charge in [-0.15, -0.1) is 0 Å². The standard InChI is InChI=1S/C24H25NO4/c1-15(2)17-9-6-10-19(13-17)25-24(29)20-14-18(21(26)23(28)22(20)27)12-11-16-7-4-3-5-8-16/h3-10,13-15,26-28H,11-12H2,1-2H3,(H,25,29). The van der Waals surface area contributed by atoms with Gasteiger partial charge in [-0.3, -0.25) is 4.79 Å². The molecule has 29 heavy (non-hydrogen) atoms. The van der Waals surface area contributed by atoms with E-state index in [-0.39, 0.29) is 5.56 Å². The molecule has 0 saturated heterocycles. The summed E-state index contributed by atoms with van der Waals surface area (Å²) >= 11 is 0. The first-order chi connectivity index (χ1) is 13.9. The molecule has 3 rings (SSSR count). The molecule has 3 aromatic carbocycles. The van der Waals surface area contributed by atoms with Gasteiger partial charge in [0.1, 0.15) is 0 Å². The summed E-state index contributed by atoms with van der Waals surface area (Å²) in [5, 5.41) is 33.3. The highest BCUT2D eigenvalue weighted by molar-refractivity contribution is 6.07. The van der Waals surface area contributed by atoms with Crippen LogP contribution >= 0.6 is 0 Å². The van der Waals surface area contributed by atoms with Gasteiger partial charge in [0, 0.05) is 5.69 Å². The molecule has 0 fully saturated rings. The highest BCUT2D eigenvalue weighted by Gasteiger charge is 2.21. The summed E-state index contributed by atoms with van der Waals surface area (Å²) < 4.78 is 0. The minimum Gasteiger partial charge on any atom is -0.504 e. The van der Waals surface area contributed by atoms with Crippen molar-refractivity contribution in [2.45, 2.75) is 32.6 Å². The zero-order valence-corrected chi connectivity index (χ0v) is 16.5. The molecular weight excluding hydrogens is 366 g/mol. The van der Waals surface area contributed by atoms with E-state index in [4.69, 9.17) is 0 Å². The number of aromatic hydroxyl groups is 3. The molecule has 0 aliphatic rings. The van der Waals surface area contributed by atoms with E-state index < -0.39 is 23.2 Å². The zero-order chi connectivity index (χ0) is 21.0. The zero-order valence-electron chi connectivity index (χ0n) is 16.5. The van der Waals surface area contributed by atoms with Gasteiger partial charge in [0.05, 0.1) is 5.56 Å². The third-order valence-corrected chi connectivity index (χ3v) is 4.91. The number of amides is 1. The van der Waals surface area contributed by atoms with Crippen molar-refractivity contribution in [2.24, 2.45) is 0 Å². The van der Waals surface area contributed by atoms with Crippen LogP contribution in [0, 0.1) is 0 Å². The summed E-state index contributed by atoms with van der Waals surface area (Å²) in [4.78, 5) is 12.7. The van der Waals surface area contributed by atoms with Gasteiger partial charge in [0.15, 0.2) is 11.5 Å². The molecule has 0 radical (unpaired) electrons. The minimum absolute atomic E-state index is 0.0849. The van der Waals surface area contributed by atoms with E-state index in [9.17, 15) is 20.1 Å². The number of aryl methyl sites for hydroxylation is 2. The van der Waals surface area contributed by atoms with Gasteiger partial charge in [-0.2, -0.15) is 0 Å². The maximum absolute atomic E-state index is 12.7. The number of rotatable bonds is 6. The van der Waals surface area contributed by atoms with Crippen LogP contribution in [0.2, 0.25) is 0 Å². The second kappa shape index (κ2) is 8.69. The van der Waals surface area contributed by atoms with Gasteiger partial charge in [-0.25, -0.2) is 0 Å². The number of hydrogen-bond donors (Lipinski definition) is 4. The van der Waals surface area contributed by atoms with Crippen molar-refractivity contribution >= 4 is 11.6 Å². The average Bonchev–Trinajstić information content (AvgIpc) is 2.72. The van der Waals surface area contributed by atoms with E-state index in [0.717, 1.165) is 11.1 Å². The molecule has 5 heteroatoms. The van der Waals surface area contributed by atoms with Crippen molar-refractivity contribution in [1.29, 1.82) is 0 Å². The Balaban J connectivity index is 1.85. The first kappa shape index (κ1) is 20.3. The molecule has 1 amide bonds. The van der Waals surface area contributed by atoms with Crippen molar-refractivity contribution in [1.82, 2.24) is 0 Å². The molecule has 0 atom stereocenters. The highest BCUT2D eigenvalue weighted by atomic mass is 16.3. The molecule has 0 heterocycles. The van der Waals surface area contributed by atoms with Gasteiger partial charge in [-0.1, -0.05) is 56.3 Å². The maximum Gasteiger partial charge on any atom is 0.259 e. The summed E-state index contributed by atoms with van der Waals surface area (Å²) in [5.74, 6) is -1.97. The van der Waals surface area contributed by atoms with Crippen molar-refractivity contribution < 1.29 is 20.1 Å². The van der Waals surface area contributed by atoms with Crippen LogP contribution < -0.4 is 5.32 Å². The van der Waals surface area contributed by atoms with Crippen LogP contribution in [0.5, 0.6) is 17.2 Å². The largest absolute Gasteiger partial charge is 0.504 e. The van der Waals surface area contributed by atoms with E-state index in [1.54, 1.807) is 6.07 Å². The summed E-state index contributed by atoms with van der Waals surface area (Å²) in [6.07, 6.45) is 1.03. The van der Waals surface area contributed by atoms with E-state index in [0.29, 0.717) is 30.0 Å². The van der Waals surface area contributed by atoms with Crippen LogP contribution in [0.15, 0.2) is 60.7 Å². The maximum atomic E-state index is 12.7. The lowest BCUT2D eigenvalue weighted by Crippen LogP contribution is -2.13. The van der Waals surface area contributed by atoms with E-state index >= 15 is 0 Å². The molecule has 4 N–H and O–H groups in total. The van der Waals surface area contributed by atoms with E-state index in [1.807, 2.05) is 48.5 Å². The first-order valence-corrected chi connectivity index (χ1v) is 9.58. The lowest BCUT2D eigenvalue weighted by Gasteiger charge is -2.14. The number of phenols is 3. The minimum atomic E-state index is -0.684. The number of benzene rings is 3. The van der Waals surface area contributed by atoms with Crippen molar-refractivity contribution in [3.05, 3.63) is 82.9 Å². The van der Waals surface area contributed by atoms with Crippen LogP contribution in [0.25, 0.3) is 0 Å². The van der Waals surface area contributed by atoms with Crippen LogP contribution in [0.1, 0.15) is 46.8 Å². The molecule has 3 aromatic rings. The molecule has 0 aliphatic heterocycles. The number of anilines is 1. The molecule has 0 saturated carbocycles. The van der Waals surface area contributed by atoms with Crippen LogP contribution in [0.3, 0.4) is 0 Å². The number of phenolic OH excluding ortho intramolecular Hbond substituents is 3. The Morgan fingerprint density at radius 2 is 1.59 bits per heavy atom. The van der Waals surface area contributed by atoms with Crippen LogP contribution in [0.4, 0.5) is 5.69 Å². The Morgan fingerprint density at radius 3 is 2.28 bits per heavy atom. The number of nitrogens with one attached hydrogen (secondary N) is 1. The normalized spacial score (nSPS) is 10.9. The van der Waals surface area contributed by atoms with Gasteiger partial charge < -0.3 is 20.6 Å². The van der Waals surface area contributed by atoms with Gasteiger partial charge >= 0.3 is 0 Å². The quantitative estimate of drug-likeness (QED) is 0.447.